The first-order chi connectivity index (χ1) is 19.2. The zero-order valence-electron chi connectivity index (χ0n) is 21.8. The second-order valence-corrected chi connectivity index (χ2v) is 9.88. The fourth-order valence-electron chi connectivity index (χ4n) is 3.72. The topological polar surface area (TPSA) is 164 Å². The Bertz CT molecular complexity index is 1340. The Hall–Kier alpha value is -3.80. The maximum absolute atomic E-state index is 12.4. The molecule has 40 heavy (non-hydrogen) atoms. The molecule has 0 bridgehead atoms. The van der Waals surface area contributed by atoms with E-state index in [1.807, 2.05) is 6.07 Å². The van der Waals surface area contributed by atoms with Gasteiger partial charge in [0.2, 0.25) is 0 Å². The lowest BCUT2D eigenvalue weighted by Gasteiger charge is -2.28. The SMILES string of the molecule is CCOc1cc([C@@H]2NC(=O)NC(C)=C2C(=O)OC)ccc1OC[C@@H](O)N/N=C\c1cc(Br)c(OCC#N)c(Br)c1. The fraction of sp³-hybridized carbons (Fsp3) is 0.308. The summed E-state index contributed by atoms with van der Waals surface area (Å²) in [6.07, 6.45) is 0.338. The van der Waals surface area contributed by atoms with Crippen molar-refractivity contribution in [2.75, 3.05) is 26.9 Å². The number of carbonyl (C=O) groups excluding carboxylic acids is 2. The predicted molar refractivity (Wildman–Crippen MR) is 152 cm³/mol. The van der Waals surface area contributed by atoms with Crippen molar-refractivity contribution in [2.45, 2.75) is 26.1 Å². The number of ether oxygens (including phenoxy) is 4. The quantitative estimate of drug-likeness (QED) is 0.113. The van der Waals surface area contributed by atoms with E-state index in [0.29, 0.717) is 49.6 Å². The highest BCUT2D eigenvalue weighted by molar-refractivity contribution is 9.11. The van der Waals surface area contributed by atoms with Crippen LogP contribution in [0.15, 0.2) is 55.6 Å². The van der Waals surface area contributed by atoms with Crippen molar-refractivity contribution >= 4 is 50.1 Å². The van der Waals surface area contributed by atoms with Crippen molar-refractivity contribution in [1.29, 1.82) is 5.26 Å². The predicted octanol–water partition coefficient (Wildman–Crippen LogP) is 3.63. The van der Waals surface area contributed by atoms with E-state index in [0.717, 1.165) is 0 Å². The number of carbonyl (C=O) groups is 2. The molecule has 0 unspecified atom stereocenters. The van der Waals surface area contributed by atoms with Gasteiger partial charge < -0.3 is 34.7 Å². The minimum Gasteiger partial charge on any atom is -0.490 e. The third-order valence-corrected chi connectivity index (χ3v) is 6.59. The number of aliphatic hydroxyl groups is 1. The molecule has 2 aromatic carbocycles. The van der Waals surface area contributed by atoms with Crippen molar-refractivity contribution in [1.82, 2.24) is 16.1 Å². The summed E-state index contributed by atoms with van der Waals surface area (Å²) in [5.74, 6) is 0.619. The van der Waals surface area contributed by atoms with Crippen LogP contribution in [0.1, 0.15) is 31.0 Å². The van der Waals surface area contributed by atoms with E-state index >= 15 is 0 Å². The van der Waals surface area contributed by atoms with E-state index < -0.39 is 24.3 Å². The second-order valence-electron chi connectivity index (χ2n) is 8.18. The van der Waals surface area contributed by atoms with Crippen LogP contribution in [0.5, 0.6) is 17.2 Å². The maximum Gasteiger partial charge on any atom is 0.337 e. The van der Waals surface area contributed by atoms with Crippen LogP contribution in [0.2, 0.25) is 0 Å². The molecule has 0 aromatic heterocycles. The first kappa shape index (κ1) is 30.7. The van der Waals surface area contributed by atoms with Crippen LogP contribution in [-0.4, -0.2) is 56.5 Å². The van der Waals surface area contributed by atoms with Gasteiger partial charge in [0.25, 0.3) is 0 Å². The number of hydrazone groups is 1. The number of hydrogen-bond acceptors (Lipinski definition) is 10. The van der Waals surface area contributed by atoms with Gasteiger partial charge in [0.1, 0.15) is 18.4 Å². The van der Waals surface area contributed by atoms with Gasteiger partial charge in [0.15, 0.2) is 24.3 Å². The van der Waals surface area contributed by atoms with Gasteiger partial charge in [-0.2, -0.15) is 10.4 Å². The Morgan fingerprint density at radius 3 is 2.60 bits per heavy atom. The second kappa shape index (κ2) is 14.5. The molecule has 0 fully saturated rings. The number of nitriles is 1. The van der Waals surface area contributed by atoms with E-state index in [4.69, 9.17) is 24.2 Å². The minimum atomic E-state index is -1.16. The van der Waals surface area contributed by atoms with Crippen LogP contribution >= 0.6 is 31.9 Å². The van der Waals surface area contributed by atoms with Crippen molar-refractivity contribution in [3.8, 4) is 23.3 Å². The van der Waals surface area contributed by atoms with E-state index in [1.165, 1.54) is 13.3 Å². The average Bonchev–Trinajstić information content (AvgIpc) is 2.91. The monoisotopic (exact) mass is 679 g/mol. The molecule has 2 aromatic rings. The van der Waals surface area contributed by atoms with E-state index in [9.17, 15) is 14.7 Å². The number of allylic oxidation sites excluding steroid dienone is 1. The molecule has 1 aliphatic rings. The number of nitrogens with one attached hydrogen (secondary N) is 3. The Balaban J connectivity index is 1.68. The van der Waals surface area contributed by atoms with Crippen molar-refractivity contribution in [2.24, 2.45) is 5.10 Å². The standard InChI is InChI=1S/C26H27Br2N5O7/c1-4-38-20-11-16(23-22(25(35)37-3)14(2)31-26(36)32-23)5-6-19(20)40-13-21(34)33-30-12-15-9-17(27)24(18(28)10-15)39-8-7-29/h5-6,9-12,21,23,33-34H,4,8,13H2,1-3H3,(H2,31,32,36)/b30-12-/t21-,23+/m1/s1. The molecule has 14 heteroatoms. The molecular formula is C26H27Br2N5O7. The lowest BCUT2D eigenvalue weighted by Crippen LogP contribution is -2.45. The third kappa shape index (κ3) is 7.87. The highest BCUT2D eigenvalue weighted by Crippen LogP contribution is 2.35. The molecule has 0 radical (unpaired) electrons. The van der Waals surface area contributed by atoms with Gasteiger partial charge in [-0.1, -0.05) is 6.07 Å². The summed E-state index contributed by atoms with van der Waals surface area (Å²) < 4.78 is 23.0. The Labute approximate surface area is 247 Å². The number of nitrogens with zero attached hydrogens (tertiary/aromatic N) is 2. The van der Waals surface area contributed by atoms with E-state index in [1.54, 1.807) is 44.2 Å². The van der Waals surface area contributed by atoms with Gasteiger partial charge in [0, 0.05) is 5.70 Å². The summed E-state index contributed by atoms with van der Waals surface area (Å²) in [7, 11) is 1.27. The number of methoxy groups -OCH3 is 1. The number of amides is 2. The molecule has 1 aliphatic heterocycles. The number of halogens is 2. The first-order valence-electron chi connectivity index (χ1n) is 11.9. The molecular weight excluding hydrogens is 654 g/mol. The summed E-state index contributed by atoms with van der Waals surface area (Å²) in [6.45, 7) is 3.49. The number of rotatable bonds is 12. The largest absolute Gasteiger partial charge is 0.490 e. The zero-order valence-corrected chi connectivity index (χ0v) is 25.0. The maximum atomic E-state index is 12.4. The molecule has 2 amide bonds. The van der Waals surface area contributed by atoms with Gasteiger partial charge in [-0.15, -0.1) is 0 Å². The van der Waals surface area contributed by atoms with Crippen molar-refractivity contribution in [3.05, 3.63) is 61.7 Å². The van der Waals surface area contributed by atoms with Crippen LogP contribution in [0, 0.1) is 11.3 Å². The van der Waals surface area contributed by atoms with Crippen LogP contribution in [-0.2, 0) is 9.53 Å². The summed E-state index contributed by atoms with van der Waals surface area (Å²) >= 11 is 6.79. The Morgan fingerprint density at radius 2 is 1.95 bits per heavy atom. The highest BCUT2D eigenvalue weighted by atomic mass is 79.9. The van der Waals surface area contributed by atoms with Gasteiger partial charge in [0.05, 0.1) is 40.5 Å². The van der Waals surface area contributed by atoms with Crippen LogP contribution in [0.25, 0.3) is 0 Å². The lowest BCUT2D eigenvalue weighted by atomic mass is 9.95. The summed E-state index contributed by atoms with van der Waals surface area (Å²) in [6, 6.07) is 9.15. The fourth-order valence-corrected chi connectivity index (χ4v) is 5.17. The first-order valence-corrected chi connectivity index (χ1v) is 13.5. The lowest BCUT2D eigenvalue weighted by molar-refractivity contribution is -0.136. The number of urea groups is 1. The van der Waals surface area contributed by atoms with Crippen LogP contribution in [0.3, 0.4) is 0 Å². The minimum absolute atomic E-state index is 0.0913. The summed E-state index contributed by atoms with van der Waals surface area (Å²) in [5.41, 5.74) is 4.50. The van der Waals surface area contributed by atoms with Gasteiger partial charge >= 0.3 is 12.0 Å². The van der Waals surface area contributed by atoms with Crippen molar-refractivity contribution in [3.63, 3.8) is 0 Å². The summed E-state index contributed by atoms with van der Waals surface area (Å²) in [5, 5.41) is 28.4. The third-order valence-electron chi connectivity index (χ3n) is 5.41. The number of benzene rings is 2. The molecule has 4 N–H and O–H groups in total. The molecule has 0 aliphatic carbocycles. The molecule has 212 valence electrons. The number of hydrogen-bond donors (Lipinski definition) is 4. The van der Waals surface area contributed by atoms with Gasteiger partial charge in [-0.25, -0.2) is 9.59 Å². The van der Waals surface area contributed by atoms with E-state index in [-0.39, 0.29) is 18.8 Å². The molecule has 0 spiro atoms. The van der Waals surface area contributed by atoms with E-state index in [2.05, 4.69) is 53.0 Å². The van der Waals surface area contributed by atoms with Crippen molar-refractivity contribution < 1.29 is 33.6 Å². The zero-order chi connectivity index (χ0) is 29.2. The molecule has 1 heterocycles. The molecule has 0 saturated heterocycles. The Morgan fingerprint density at radius 1 is 1.23 bits per heavy atom. The normalized spacial score (nSPS) is 15.5. The molecule has 2 atom stereocenters. The molecule has 12 nitrogen and oxygen atoms in total. The highest BCUT2D eigenvalue weighted by Gasteiger charge is 2.32. The molecule has 3 rings (SSSR count). The molecule has 0 saturated carbocycles. The van der Waals surface area contributed by atoms with Gasteiger partial charge in [-0.05, 0) is 81.1 Å². The number of esters is 1. The summed E-state index contributed by atoms with van der Waals surface area (Å²) in [4.78, 5) is 24.5. The number of aliphatic hydroxyl groups excluding tert-OH is 1. The Kier molecular flexibility index (Phi) is 11.2. The smallest absolute Gasteiger partial charge is 0.337 e. The average molecular weight is 681 g/mol. The van der Waals surface area contributed by atoms with Crippen LogP contribution in [0.4, 0.5) is 4.79 Å². The van der Waals surface area contributed by atoms with Gasteiger partial charge in [-0.3, -0.25) is 5.43 Å². The van der Waals surface area contributed by atoms with Crippen LogP contribution < -0.4 is 30.3 Å².